The topological polar surface area (TPSA) is 38.3 Å². The van der Waals surface area contributed by atoms with Crippen molar-refractivity contribution < 1.29 is 9.53 Å². The van der Waals surface area contributed by atoms with Gasteiger partial charge in [0.15, 0.2) is 6.10 Å². The summed E-state index contributed by atoms with van der Waals surface area (Å²) < 4.78 is 6.00. The molecule has 5 rings (SSSR count). The lowest BCUT2D eigenvalue weighted by Crippen LogP contribution is -2.61. The number of carbonyl (C=O) groups excluding carboxylic acids is 1. The third kappa shape index (κ3) is 2.94. The Hall–Kier alpha value is -1.51. The number of amides is 1. The van der Waals surface area contributed by atoms with E-state index in [2.05, 4.69) is 18.3 Å². The molecule has 1 N–H and O–H groups in total. The monoisotopic (exact) mass is 327 g/mol. The van der Waals surface area contributed by atoms with Crippen LogP contribution in [0.2, 0.25) is 0 Å². The van der Waals surface area contributed by atoms with Gasteiger partial charge in [-0.1, -0.05) is 25.1 Å². The zero-order chi connectivity index (χ0) is 16.7. The van der Waals surface area contributed by atoms with Crippen LogP contribution in [-0.2, 0) is 11.2 Å². The summed E-state index contributed by atoms with van der Waals surface area (Å²) in [5.41, 5.74) is 1.22. The first kappa shape index (κ1) is 16.0. The number of rotatable bonds is 5. The lowest BCUT2D eigenvalue weighted by molar-refractivity contribution is -0.133. The van der Waals surface area contributed by atoms with E-state index in [1.165, 1.54) is 38.5 Å². The van der Waals surface area contributed by atoms with Crippen LogP contribution in [0.15, 0.2) is 24.3 Å². The van der Waals surface area contributed by atoms with Gasteiger partial charge in [-0.25, -0.2) is 0 Å². The van der Waals surface area contributed by atoms with E-state index in [1.807, 2.05) is 25.1 Å². The third-order valence-corrected chi connectivity index (χ3v) is 6.45. The molecule has 3 nitrogen and oxygen atoms in total. The summed E-state index contributed by atoms with van der Waals surface area (Å²) in [5.74, 6) is 3.42. The first-order chi connectivity index (χ1) is 11.6. The highest BCUT2D eigenvalue weighted by molar-refractivity contribution is 5.81. The average Bonchev–Trinajstić information content (AvgIpc) is 2.53. The molecule has 1 aromatic carbocycles. The van der Waals surface area contributed by atoms with Crippen LogP contribution in [0, 0.1) is 17.8 Å². The van der Waals surface area contributed by atoms with Crippen molar-refractivity contribution in [2.24, 2.45) is 17.8 Å². The van der Waals surface area contributed by atoms with Crippen molar-refractivity contribution in [3.63, 3.8) is 0 Å². The van der Waals surface area contributed by atoms with Gasteiger partial charge >= 0.3 is 0 Å². The third-order valence-electron chi connectivity index (χ3n) is 6.45. The predicted octanol–water partition coefficient (Wildman–Crippen LogP) is 4.10. The minimum Gasteiger partial charge on any atom is -0.481 e. The average molecular weight is 327 g/mol. The molecule has 4 aliphatic carbocycles. The van der Waals surface area contributed by atoms with Crippen LogP contribution in [0.4, 0.5) is 0 Å². The zero-order valence-corrected chi connectivity index (χ0v) is 14.9. The fourth-order valence-electron chi connectivity index (χ4n) is 5.78. The van der Waals surface area contributed by atoms with Gasteiger partial charge in [0, 0.05) is 5.54 Å². The number of para-hydroxylation sites is 1. The van der Waals surface area contributed by atoms with Gasteiger partial charge in [0.1, 0.15) is 5.75 Å². The van der Waals surface area contributed by atoms with Crippen LogP contribution in [0.1, 0.15) is 57.9 Å². The van der Waals surface area contributed by atoms with E-state index in [-0.39, 0.29) is 11.4 Å². The van der Waals surface area contributed by atoms with Crippen molar-refractivity contribution >= 4 is 5.91 Å². The Balaban J connectivity index is 1.42. The molecule has 4 fully saturated rings. The van der Waals surface area contributed by atoms with E-state index in [4.69, 9.17) is 4.74 Å². The molecule has 4 aliphatic rings. The fraction of sp³-hybridized carbons (Fsp3) is 0.667. The molecule has 1 atom stereocenters. The molecule has 24 heavy (non-hydrogen) atoms. The maximum absolute atomic E-state index is 12.8. The molecule has 4 bridgehead atoms. The number of aryl methyl sites for hydroxylation is 1. The summed E-state index contributed by atoms with van der Waals surface area (Å²) in [6, 6.07) is 8.02. The standard InChI is InChI=1S/C21H29NO2/c1-3-18-6-4-5-7-19(18)24-14(2)20(23)22-21-11-15-8-16(12-21)10-17(9-15)13-21/h4-7,14-17H,3,8-13H2,1-2H3,(H,22,23)/t14-,15?,16?,17?,21?/m1/s1. The molecular weight excluding hydrogens is 298 g/mol. The first-order valence-electron chi connectivity index (χ1n) is 9.63. The predicted molar refractivity (Wildman–Crippen MR) is 95.0 cm³/mol. The molecule has 0 aromatic heterocycles. The minimum atomic E-state index is -0.439. The Morgan fingerprint density at radius 1 is 1.17 bits per heavy atom. The number of hydrogen-bond acceptors (Lipinski definition) is 2. The number of nitrogens with one attached hydrogen (secondary N) is 1. The van der Waals surface area contributed by atoms with E-state index in [1.54, 1.807) is 0 Å². The Labute approximate surface area is 145 Å². The van der Waals surface area contributed by atoms with Gasteiger partial charge < -0.3 is 10.1 Å². The van der Waals surface area contributed by atoms with Crippen molar-refractivity contribution in [2.45, 2.75) is 70.4 Å². The highest BCUT2D eigenvalue weighted by Crippen LogP contribution is 2.55. The highest BCUT2D eigenvalue weighted by atomic mass is 16.5. The van der Waals surface area contributed by atoms with Crippen molar-refractivity contribution in [2.75, 3.05) is 0 Å². The van der Waals surface area contributed by atoms with Crippen LogP contribution >= 0.6 is 0 Å². The van der Waals surface area contributed by atoms with Gasteiger partial charge in [-0.3, -0.25) is 4.79 Å². The van der Waals surface area contributed by atoms with Crippen LogP contribution in [0.5, 0.6) is 5.75 Å². The van der Waals surface area contributed by atoms with Crippen molar-refractivity contribution in [3.8, 4) is 5.75 Å². The first-order valence-corrected chi connectivity index (χ1v) is 9.63. The molecular formula is C21H29NO2. The summed E-state index contributed by atoms with van der Waals surface area (Å²) in [5, 5.41) is 3.42. The quantitative estimate of drug-likeness (QED) is 0.884. The fourth-order valence-corrected chi connectivity index (χ4v) is 5.78. The van der Waals surface area contributed by atoms with Gasteiger partial charge in [-0.15, -0.1) is 0 Å². The largest absolute Gasteiger partial charge is 0.481 e. The second-order valence-electron chi connectivity index (χ2n) is 8.41. The normalized spacial score (nSPS) is 34.8. The molecule has 1 aromatic rings. The van der Waals surface area contributed by atoms with Crippen LogP contribution in [-0.4, -0.2) is 17.6 Å². The molecule has 0 saturated heterocycles. The summed E-state index contributed by atoms with van der Waals surface area (Å²) >= 11 is 0. The molecule has 4 saturated carbocycles. The molecule has 0 spiro atoms. The van der Waals surface area contributed by atoms with Crippen molar-refractivity contribution in [1.82, 2.24) is 5.32 Å². The maximum atomic E-state index is 12.8. The van der Waals surface area contributed by atoms with Crippen LogP contribution in [0.25, 0.3) is 0 Å². The smallest absolute Gasteiger partial charge is 0.261 e. The molecule has 0 heterocycles. The second-order valence-corrected chi connectivity index (χ2v) is 8.41. The summed E-state index contributed by atoms with van der Waals surface area (Å²) in [6.45, 7) is 3.99. The highest BCUT2D eigenvalue weighted by Gasteiger charge is 2.51. The lowest BCUT2D eigenvalue weighted by atomic mass is 9.53. The van der Waals surface area contributed by atoms with Gasteiger partial charge in [-0.2, -0.15) is 0 Å². The van der Waals surface area contributed by atoms with E-state index < -0.39 is 6.10 Å². The van der Waals surface area contributed by atoms with Gasteiger partial charge in [0.2, 0.25) is 0 Å². The van der Waals surface area contributed by atoms with Gasteiger partial charge in [-0.05, 0) is 81.3 Å². The Bertz CT molecular complexity index is 589. The van der Waals surface area contributed by atoms with E-state index in [9.17, 15) is 4.79 Å². The number of carbonyl (C=O) groups is 1. The van der Waals surface area contributed by atoms with E-state index in [0.29, 0.717) is 0 Å². The molecule has 130 valence electrons. The molecule has 0 radical (unpaired) electrons. The van der Waals surface area contributed by atoms with Crippen LogP contribution in [0.3, 0.4) is 0 Å². The van der Waals surface area contributed by atoms with E-state index in [0.717, 1.165) is 35.5 Å². The summed E-state index contributed by atoms with van der Waals surface area (Å²) in [4.78, 5) is 12.8. The molecule has 1 amide bonds. The Morgan fingerprint density at radius 3 is 2.33 bits per heavy atom. The second kappa shape index (κ2) is 6.09. The lowest BCUT2D eigenvalue weighted by Gasteiger charge is -2.57. The molecule has 0 aliphatic heterocycles. The van der Waals surface area contributed by atoms with E-state index >= 15 is 0 Å². The van der Waals surface area contributed by atoms with Crippen molar-refractivity contribution in [1.29, 1.82) is 0 Å². The number of benzene rings is 1. The number of hydrogen-bond donors (Lipinski definition) is 1. The molecule has 0 unspecified atom stereocenters. The Kier molecular flexibility index (Phi) is 4.06. The SMILES string of the molecule is CCc1ccccc1O[C@H](C)C(=O)NC12CC3CC(CC(C3)C1)C2. The summed E-state index contributed by atoms with van der Waals surface area (Å²) in [6.07, 6.45) is 8.21. The zero-order valence-electron chi connectivity index (χ0n) is 14.9. The summed E-state index contributed by atoms with van der Waals surface area (Å²) in [7, 11) is 0. The Morgan fingerprint density at radius 2 is 1.75 bits per heavy atom. The van der Waals surface area contributed by atoms with Gasteiger partial charge in [0.05, 0.1) is 0 Å². The van der Waals surface area contributed by atoms with Crippen LogP contribution < -0.4 is 10.1 Å². The number of ether oxygens (including phenoxy) is 1. The van der Waals surface area contributed by atoms with Gasteiger partial charge in [0.25, 0.3) is 5.91 Å². The minimum absolute atomic E-state index is 0.0582. The van der Waals surface area contributed by atoms with Crippen molar-refractivity contribution in [3.05, 3.63) is 29.8 Å². The maximum Gasteiger partial charge on any atom is 0.261 e. The molecule has 3 heteroatoms.